The van der Waals surface area contributed by atoms with Crippen LogP contribution in [0.4, 0.5) is 34.1 Å². The van der Waals surface area contributed by atoms with Gasteiger partial charge in [0.1, 0.15) is 0 Å². The fourth-order valence-electron chi connectivity index (χ4n) is 7.66. The maximum absolute atomic E-state index is 7.68. The molecule has 0 atom stereocenters. The molecular formula is C45H37ClN2Si. The van der Waals surface area contributed by atoms with Gasteiger partial charge in [-0.2, -0.15) is 0 Å². The van der Waals surface area contributed by atoms with Gasteiger partial charge in [-0.1, -0.05) is 121 Å². The normalized spacial score (nSPS) is 13.4. The molecule has 4 heteroatoms. The van der Waals surface area contributed by atoms with Gasteiger partial charge in [0.15, 0.2) is 8.07 Å². The zero-order valence-electron chi connectivity index (χ0n) is 27.9. The first kappa shape index (κ1) is 30.9. The molecule has 1 heterocycles. The molecule has 8 rings (SSSR count). The van der Waals surface area contributed by atoms with Crippen LogP contribution in [0, 0.1) is 20.8 Å². The predicted octanol–water partition coefficient (Wildman–Crippen LogP) is 9.90. The van der Waals surface area contributed by atoms with Crippen molar-refractivity contribution in [2.24, 2.45) is 0 Å². The number of nitrogens with zero attached hydrogens (tertiary/aromatic N) is 2. The van der Waals surface area contributed by atoms with E-state index in [4.69, 9.17) is 11.6 Å². The summed E-state index contributed by atoms with van der Waals surface area (Å²) in [5, 5.41) is 6.04. The number of rotatable bonds is 4. The van der Waals surface area contributed by atoms with Crippen molar-refractivity contribution in [3.63, 3.8) is 0 Å². The molecule has 0 saturated carbocycles. The van der Waals surface area contributed by atoms with E-state index in [1.54, 1.807) is 0 Å². The number of aryl methyl sites for hydroxylation is 3. The Morgan fingerprint density at radius 2 is 0.714 bits per heavy atom. The Morgan fingerprint density at radius 3 is 1.10 bits per heavy atom. The number of benzene rings is 7. The van der Waals surface area contributed by atoms with Crippen LogP contribution in [0.15, 0.2) is 170 Å². The lowest BCUT2D eigenvalue weighted by molar-refractivity contribution is 1.23. The summed E-state index contributed by atoms with van der Waals surface area (Å²) in [6, 6.07) is 62.3. The molecular weight excluding hydrogens is 632 g/mol. The van der Waals surface area contributed by atoms with Gasteiger partial charge in [0.2, 0.25) is 0 Å². The molecule has 0 fully saturated rings. The van der Waals surface area contributed by atoms with Gasteiger partial charge >= 0.3 is 0 Å². The number of hydrogen-bond acceptors (Lipinski definition) is 2. The number of fused-ring (bicyclic) bond motifs is 6. The van der Waals surface area contributed by atoms with E-state index in [1.807, 2.05) is 0 Å². The fraction of sp³-hybridized carbons (Fsp3) is 0.0667. The highest BCUT2D eigenvalue weighted by Gasteiger charge is 2.43. The molecule has 0 N–H and O–H groups in total. The first-order valence-electron chi connectivity index (χ1n) is 16.8. The average Bonchev–Trinajstić information content (AvgIpc) is 3.12. The van der Waals surface area contributed by atoms with Gasteiger partial charge in [0.05, 0.1) is 16.4 Å². The number of anilines is 6. The first-order valence-corrected chi connectivity index (χ1v) is 19.2. The van der Waals surface area contributed by atoms with Gasteiger partial charge in [-0.25, -0.2) is 0 Å². The van der Waals surface area contributed by atoms with E-state index in [0.29, 0.717) is 5.02 Å². The molecule has 0 saturated heterocycles. The molecule has 0 unspecified atom stereocenters. The van der Waals surface area contributed by atoms with Gasteiger partial charge in [-0.05, 0) is 119 Å². The van der Waals surface area contributed by atoms with E-state index in [1.165, 1.54) is 31.9 Å². The van der Waals surface area contributed by atoms with Crippen molar-refractivity contribution in [3.8, 4) is 0 Å². The third-order valence-electron chi connectivity index (χ3n) is 9.61. The van der Waals surface area contributed by atoms with Crippen LogP contribution in [0.1, 0.15) is 16.7 Å². The highest BCUT2D eigenvalue weighted by Crippen LogP contribution is 2.47. The van der Waals surface area contributed by atoms with E-state index >= 15 is 0 Å². The van der Waals surface area contributed by atoms with Crippen LogP contribution >= 0.6 is 11.6 Å². The molecule has 1 aliphatic heterocycles. The van der Waals surface area contributed by atoms with Crippen molar-refractivity contribution in [1.82, 2.24) is 0 Å². The van der Waals surface area contributed by atoms with Gasteiger partial charge in [0, 0.05) is 22.7 Å². The van der Waals surface area contributed by atoms with Crippen LogP contribution in [-0.4, -0.2) is 8.07 Å². The molecule has 1 aliphatic rings. The Labute approximate surface area is 295 Å². The third kappa shape index (κ3) is 5.36. The SMILES string of the molecule is Cc1cc2cc(c1)[Si](c1ccccc1)(c1ccccc1)c1cc(C)cc(c1)N(c1ccccc1)c1cc(C)cc(c1Cl)N2c1ccccc1. The van der Waals surface area contributed by atoms with Gasteiger partial charge < -0.3 is 9.80 Å². The highest BCUT2D eigenvalue weighted by atomic mass is 35.5. The Hall–Kier alpha value is -5.35. The number of hydrogen-bond donors (Lipinski definition) is 0. The minimum absolute atomic E-state index is 0.694. The Morgan fingerprint density at radius 1 is 0.367 bits per heavy atom. The summed E-state index contributed by atoms with van der Waals surface area (Å²) in [6.07, 6.45) is 0. The molecule has 0 radical (unpaired) electrons. The number of halogens is 1. The molecule has 0 aliphatic carbocycles. The van der Waals surface area contributed by atoms with Crippen molar-refractivity contribution in [1.29, 1.82) is 0 Å². The molecule has 6 bridgehead atoms. The Bertz CT molecular complexity index is 2110. The quantitative estimate of drug-likeness (QED) is 0.172. The molecule has 238 valence electrons. The predicted molar refractivity (Wildman–Crippen MR) is 212 cm³/mol. The lowest BCUT2D eigenvalue weighted by Crippen LogP contribution is -2.74. The largest absolute Gasteiger partial charge is 0.309 e. The van der Waals surface area contributed by atoms with Crippen LogP contribution in [0.25, 0.3) is 0 Å². The molecule has 7 aromatic carbocycles. The summed E-state index contributed by atoms with van der Waals surface area (Å²) < 4.78 is 0. The van der Waals surface area contributed by atoms with Crippen LogP contribution in [0.5, 0.6) is 0 Å². The zero-order valence-corrected chi connectivity index (χ0v) is 29.7. The zero-order chi connectivity index (χ0) is 33.5. The summed E-state index contributed by atoms with van der Waals surface area (Å²) in [4.78, 5) is 4.68. The van der Waals surface area contributed by atoms with E-state index in [-0.39, 0.29) is 0 Å². The van der Waals surface area contributed by atoms with Crippen molar-refractivity contribution in [2.75, 3.05) is 9.80 Å². The molecule has 49 heavy (non-hydrogen) atoms. The minimum atomic E-state index is -2.91. The summed E-state index contributed by atoms with van der Waals surface area (Å²) >= 11 is 7.68. The van der Waals surface area contributed by atoms with E-state index < -0.39 is 8.07 Å². The average molecular weight is 669 g/mol. The number of para-hydroxylation sites is 2. The summed E-state index contributed by atoms with van der Waals surface area (Å²) in [5.41, 5.74) is 9.72. The van der Waals surface area contributed by atoms with Crippen LogP contribution in [-0.2, 0) is 0 Å². The second kappa shape index (κ2) is 12.6. The summed E-state index contributed by atoms with van der Waals surface area (Å²) in [6.45, 7) is 6.60. The van der Waals surface area contributed by atoms with Crippen molar-refractivity contribution >= 4 is 74.5 Å². The standard InChI is InChI=1S/C45H37ClN2Si/c1-32-24-37-30-41(26-32)49(39-20-12-6-13-21-39,40-22-14-7-15-23-40)42-27-33(2)25-38(31-42)48(36-18-10-5-11-19-36)44-29-34(3)28-43(45(44)46)47(37)35-16-8-4-9-17-35/h4-31H,1-3H3. The van der Waals surface area contributed by atoms with E-state index in [9.17, 15) is 0 Å². The van der Waals surface area contributed by atoms with E-state index in [0.717, 1.165) is 39.7 Å². The smallest absolute Gasteiger partial charge is 0.179 e. The lowest BCUT2D eigenvalue weighted by Gasteiger charge is -2.38. The minimum Gasteiger partial charge on any atom is -0.309 e. The highest BCUT2D eigenvalue weighted by molar-refractivity contribution is 7.20. The summed E-state index contributed by atoms with van der Waals surface area (Å²) in [5.74, 6) is 0. The van der Waals surface area contributed by atoms with Gasteiger partial charge in [-0.15, -0.1) is 0 Å². The maximum atomic E-state index is 7.68. The van der Waals surface area contributed by atoms with Crippen molar-refractivity contribution in [3.05, 3.63) is 192 Å². The Kier molecular flexibility index (Phi) is 7.95. The van der Waals surface area contributed by atoms with Gasteiger partial charge in [-0.3, -0.25) is 0 Å². The molecule has 2 nitrogen and oxygen atoms in total. The Balaban J connectivity index is 1.60. The van der Waals surface area contributed by atoms with Crippen molar-refractivity contribution < 1.29 is 0 Å². The molecule has 0 aromatic heterocycles. The van der Waals surface area contributed by atoms with Crippen LogP contribution < -0.4 is 30.5 Å². The molecule has 0 amide bonds. The van der Waals surface area contributed by atoms with Crippen molar-refractivity contribution in [2.45, 2.75) is 20.8 Å². The monoisotopic (exact) mass is 668 g/mol. The molecule has 7 aromatic rings. The second-order valence-corrected chi connectivity index (χ2v) is 17.2. The fourth-order valence-corrected chi connectivity index (χ4v) is 12.9. The van der Waals surface area contributed by atoms with Crippen LogP contribution in [0.3, 0.4) is 0 Å². The lowest BCUT2D eigenvalue weighted by atomic mass is 10.1. The van der Waals surface area contributed by atoms with E-state index in [2.05, 4.69) is 200 Å². The topological polar surface area (TPSA) is 6.48 Å². The third-order valence-corrected chi connectivity index (χ3v) is 14.7. The van der Waals surface area contributed by atoms with Crippen LogP contribution in [0.2, 0.25) is 5.02 Å². The maximum Gasteiger partial charge on any atom is 0.179 e. The first-order chi connectivity index (χ1) is 23.9. The van der Waals surface area contributed by atoms with Gasteiger partial charge in [0.25, 0.3) is 0 Å². The summed E-state index contributed by atoms with van der Waals surface area (Å²) in [7, 11) is -2.91. The molecule has 0 spiro atoms. The second-order valence-electron chi connectivity index (χ2n) is 13.1.